The number of rotatable bonds is 5. The molecule has 7 rings (SSSR count). The van der Waals surface area contributed by atoms with Gasteiger partial charge in [-0.3, -0.25) is 0 Å². The lowest BCUT2D eigenvalue weighted by molar-refractivity contribution is 1.26. The number of nitrogens with zero attached hydrogens (tertiary/aromatic N) is 1. The second kappa shape index (κ2) is 9.90. The summed E-state index contributed by atoms with van der Waals surface area (Å²) in [5.74, 6) is 0. The van der Waals surface area contributed by atoms with Crippen LogP contribution in [0.4, 0.5) is 17.1 Å². The van der Waals surface area contributed by atoms with Crippen LogP contribution in [0.25, 0.3) is 42.4 Å². The van der Waals surface area contributed by atoms with Crippen molar-refractivity contribution < 1.29 is 0 Å². The third kappa shape index (κ3) is 4.39. The van der Waals surface area contributed by atoms with Crippen LogP contribution in [0.1, 0.15) is 5.56 Å². The Labute approximate surface area is 233 Å². The fourth-order valence-corrected chi connectivity index (χ4v) is 6.57. The zero-order valence-corrected chi connectivity index (χ0v) is 22.5. The summed E-state index contributed by atoms with van der Waals surface area (Å²) in [6.07, 6.45) is 0. The van der Waals surface area contributed by atoms with Crippen LogP contribution in [-0.4, -0.2) is 0 Å². The third-order valence-corrected chi connectivity index (χ3v) is 8.50. The molecule has 0 saturated carbocycles. The van der Waals surface area contributed by atoms with E-state index in [9.17, 15) is 0 Å². The van der Waals surface area contributed by atoms with Gasteiger partial charge < -0.3 is 4.90 Å². The molecular weight excluding hydrogens is 490 g/mol. The van der Waals surface area contributed by atoms with Crippen molar-refractivity contribution in [3.05, 3.63) is 151 Å². The summed E-state index contributed by atoms with van der Waals surface area (Å²) in [6.45, 7) is 2.23. The van der Waals surface area contributed by atoms with Gasteiger partial charge in [0.05, 0.1) is 5.69 Å². The topological polar surface area (TPSA) is 3.24 Å². The van der Waals surface area contributed by atoms with E-state index in [1.54, 1.807) is 0 Å². The number of fused-ring (bicyclic) bond motifs is 3. The molecule has 0 atom stereocenters. The Morgan fingerprint density at radius 2 is 0.949 bits per heavy atom. The van der Waals surface area contributed by atoms with Crippen LogP contribution >= 0.6 is 11.3 Å². The van der Waals surface area contributed by atoms with Crippen LogP contribution in [0.15, 0.2) is 146 Å². The Balaban J connectivity index is 1.35. The van der Waals surface area contributed by atoms with Crippen molar-refractivity contribution in [2.45, 2.75) is 6.92 Å². The van der Waals surface area contributed by atoms with Gasteiger partial charge >= 0.3 is 0 Å². The molecule has 1 aromatic heterocycles. The number of benzene rings is 6. The van der Waals surface area contributed by atoms with E-state index in [2.05, 4.69) is 157 Å². The van der Waals surface area contributed by atoms with Gasteiger partial charge in [0.2, 0.25) is 0 Å². The lowest BCUT2D eigenvalue weighted by atomic mass is 10.0. The smallest absolute Gasteiger partial charge is 0.0505 e. The summed E-state index contributed by atoms with van der Waals surface area (Å²) in [5.41, 5.74) is 9.72. The highest BCUT2D eigenvalue weighted by Crippen LogP contribution is 2.43. The summed E-state index contributed by atoms with van der Waals surface area (Å²) in [7, 11) is 0. The Morgan fingerprint density at radius 3 is 1.62 bits per heavy atom. The molecule has 0 spiro atoms. The number of para-hydroxylation sites is 1. The van der Waals surface area contributed by atoms with Crippen molar-refractivity contribution in [2.75, 3.05) is 4.90 Å². The molecule has 0 bridgehead atoms. The summed E-state index contributed by atoms with van der Waals surface area (Å²) in [5, 5.41) is 2.64. The van der Waals surface area contributed by atoms with Crippen LogP contribution in [0.3, 0.4) is 0 Å². The van der Waals surface area contributed by atoms with E-state index in [1.165, 1.54) is 53.7 Å². The van der Waals surface area contributed by atoms with Gasteiger partial charge in [-0.2, -0.15) is 0 Å². The first kappa shape index (κ1) is 23.5. The van der Waals surface area contributed by atoms with Gasteiger partial charge in [0.25, 0.3) is 0 Å². The predicted molar refractivity (Wildman–Crippen MR) is 170 cm³/mol. The first-order chi connectivity index (χ1) is 19.2. The molecule has 7 aromatic rings. The van der Waals surface area contributed by atoms with Gasteiger partial charge in [0, 0.05) is 31.5 Å². The summed E-state index contributed by atoms with van der Waals surface area (Å²) in [6, 6.07) is 52.4. The molecule has 0 radical (unpaired) electrons. The van der Waals surface area contributed by atoms with E-state index in [4.69, 9.17) is 0 Å². The van der Waals surface area contributed by atoms with Crippen LogP contribution in [0, 0.1) is 6.92 Å². The fourth-order valence-electron chi connectivity index (χ4n) is 5.41. The molecule has 0 aliphatic heterocycles. The lowest BCUT2D eigenvalue weighted by Gasteiger charge is -2.27. The Morgan fingerprint density at radius 1 is 0.436 bits per heavy atom. The van der Waals surface area contributed by atoms with E-state index in [-0.39, 0.29) is 0 Å². The molecule has 0 N–H and O–H groups in total. The first-order valence-electron chi connectivity index (χ1n) is 13.3. The number of thiophene rings is 1. The monoisotopic (exact) mass is 517 g/mol. The number of hydrogen-bond donors (Lipinski definition) is 0. The summed E-state index contributed by atoms with van der Waals surface area (Å²) >= 11 is 1.87. The second-order valence-electron chi connectivity index (χ2n) is 9.90. The number of anilines is 3. The maximum Gasteiger partial charge on any atom is 0.0505 e. The number of hydrogen-bond acceptors (Lipinski definition) is 2. The zero-order valence-electron chi connectivity index (χ0n) is 21.7. The minimum Gasteiger partial charge on any atom is -0.310 e. The quantitative estimate of drug-likeness (QED) is 0.219. The number of aryl methyl sites for hydroxylation is 1. The van der Waals surface area contributed by atoms with Gasteiger partial charge in [-0.05, 0) is 77.2 Å². The average molecular weight is 518 g/mol. The van der Waals surface area contributed by atoms with E-state index in [0.29, 0.717) is 0 Å². The fraction of sp³-hybridized carbons (Fsp3) is 0.0270. The van der Waals surface area contributed by atoms with E-state index in [1.807, 2.05) is 11.3 Å². The van der Waals surface area contributed by atoms with E-state index in [0.717, 1.165) is 11.4 Å². The van der Waals surface area contributed by atoms with Gasteiger partial charge in [-0.15, -0.1) is 11.3 Å². The molecule has 0 aliphatic rings. The molecule has 39 heavy (non-hydrogen) atoms. The molecular formula is C37H27NS. The lowest BCUT2D eigenvalue weighted by Crippen LogP contribution is -2.11. The summed E-state index contributed by atoms with van der Waals surface area (Å²) in [4.78, 5) is 2.38. The zero-order chi connectivity index (χ0) is 26.2. The normalized spacial score (nSPS) is 11.2. The van der Waals surface area contributed by atoms with Crippen molar-refractivity contribution in [3.63, 3.8) is 0 Å². The van der Waals surface area contributed by atoms with Crippen LogP contribution in [0.5, 0.6) is 0 Å². The molecule has 0 amide bonds. The van der Waals surface area contributed by atoms with Crippen molar-refractivity contribution >= 4 is 48.6 Å². The minimum atomic E-state index is 1.15. The largest absolute Gasteiger partial charge is 0.310 e. The molecule has 0 saturated heterocycles. The van der Waals surface area contributed by atoms with Crippen molar-refractivity contribution in [1.82, 2.24) is 0 Å². The van der Waals surface area contributed by atoms with Crippen LogP contribution < -0.4 is 4.90 Å². The van der Waals surface area contributed by atoms with Crippen molar-refractivity contribution in [1.29, 1.82) is 0 Å². The molecule has 0 aliphatic carbocycles. The Kier molecular flexibility index (Phi) is 5.96. The van der Waals surface area contributed by atoms with Gasteiger partial charge in [0.1, 0.15) is 0 Å². The van der Waals surface area contributed by atoms with Crippen LogP contribution in [0.2, 0.25) is 0 Å². The molecule has 0 unspecified atom stereocenters. The average Bonchev–Trinajstić information content (AvgIpc) is 3.35. The Bertz CT molecular complexity index is 1890. The van der Waals surface area contributed by atoms with Crippen molar-refractivity contribution in [3.8, 4) is 22.3 Å². The third-order valence-electron chi connectivity index (χ3n) is 7.38. The first-order valence-corrected chi connectivity index (χ1v) is 14.1. The maximum atomic E-state index is 2.38. The highest BCUT2D eigenvalue weighted by molar-refractivity contribution is 7.25. The van der Waals surface area contributed by atoms with Gasteiger partial charge in [-0.25, -0.2) is 0 Å². The predicted octanol–water partition coefficient (Wildman–Crippen LogP) is 11.2. The minimum absolute atomic E-state index is 1.15. The molecule has 1 heterocycles. The van der Waals surface area contributed by atoms with Gasteiger partial charge in [0.15, 0.2) is 0 Å². The van der Waals surface area contributed by atoms with Crippen LogP contribution in [-0.2, 0) is 0 Å². The van der Waals surface area contributed by atoms with E-state index >= 15 is 0 Å². The van der Waals surface area contributed by atoms with Crippen molar-refractivity contribution in [2.24, 2.45) is 0 Å². The van der Waals surface area contributed by atoms with E-state index < -0.39 is 0 Å². The summed E-state index contributed by atoms with van der Waals surface area (Å²) < 4.78 is 2.62. The molecule has 1 nitrogen and oxygen atoms in total. The molecule has 186 valence electrons. The highest BCUT2D eigenvalue weighted by atomic mass is 32.1. The molecule has 6 aromatic carbocycles. The highest BCUT2D eigenvalue weighted by Gasteiger charge is 2.17. The standard InChI is InChI=1S/C37H27NS/c1-26-23-34-33-22-19-30(28-13-7-3-8-14-28)24-36(33)39-37(34)25-35(26)38(31-15-9-4-10-16-31)32-20-17-29(18-21-32)27-11-5-2-6-12-27/h2-25H,1H3. The molecule has 2 heteroatoms. The second-order valence-corrected chi connectivity index (χ2v) is 11.0. The molecule has 0 fully saturated rings. The Hall–Kier alpha value is -4.66. The SMILES string of the molecule is Cc1cc2c(cc1N(c1ccccc1)c1ccc(-c3ccccc3)cc1)sc1cc(-c3ccccc3)ccc12. The van der Waals surface area contributed by atoms with Gasteiger partial charge in [-0.1, -0.05) is 103 Å². The maximum absolute atomic E-state index is 2.38.